The Morgan fingerprint density at radius 2 is 1.72 bits per heavy atom. The van der Waals surface area contributed by atoms with Crippen LogP contribution in [0.25, 0.3) is 10.2 Å². The van der Waals surface area contributed by atoms with Crippen LogP contribution in [0.2, 0.25) is 0 Å². The lowest BCUT2D eigenvalue weighted by Crippen LogP contribution is -2.22. The minimum absolute atomic E-state index is 0.142. The number of carbonyl (C=O) groups is 1. The third-order valence-corrected chi connectivity index (χ3v) is 6.52. The molecule has 1 heterocycles. The first-order valence-corrected chi connectivity index (χ1v) is 10.2. The van der Waals surface area contributed by atoms with E-state index >= 15 is 0 Å². The number of amides is 1. The van der Waals surface area contributed by atoms with Gasteiger partial charge in [0.05, 0.1) is 15.1 Å². The Labute approximate surface area is 150 Å². The van der Waals surface area contributed by atoms with Gasteiger partial charge in [0.2, 0.25) is 5.91 Å². The first kappa shape index (κ1) is 17.6. The van der Waals surface area contributed by atoms with Crippen molar-refractivity contribution in [1.82, 2.24) is 4.98 Å². The molecular formula is C18H18N2O3S2. The van der Waals surface area contributed by atoms with Gasteiger partial charge in [-0.15, -0.1) is 0 Å². The molecule has 3 aromatic rings. The molecule has 0 aliphatic heterocycles. The summed E-state index contributed by atoms with van der Waals surface area (Å²) in [5.74, 6) is -1.20. The number of anilines is 1. The Kier molecular flexibility index (Phi) is 4.62. The maximum Gasteiger partial charge on any atom is 0.241 e. The number of rotatable bonds is 4. The third kappa shape index (κ3) is 3.88. The van der Waals surface area contributed by atoms with E-state index < -0.39 is 21.5 Å². The lowest BCUT2D eigenvalue weighted by molar-refractivity contribution is -0.113. The van der Waals surface area contributed by atoms with Gasteiger partial charge in [0, 0.05) is 0 Å². The molecule has 0 aliphatic rings. The Morgan fingerprint density at radius 1 is 1.08 bits per heavy atom. The molecule has 1 aromatic heterocycles. The van der Waals surface area contributed by atoms with E-state index in [4.69, 9.17) is 0 Å². The lowest BCUT2D eigenvalue weighted by atomic mass is 10.1. The van der Waals surface area contributed by atoms with Gasteiger partial charge in [-0.2, -0.15) is 0 Å². The predicted molar refractivity (Wildman–Crippen MR) is 101 cm³/mol. The standard InChI is InChI=1S/C18H18N2O3S2/c1-11-4-6-14(7-5-11)25(22,23)10-17(21)20-18-19-15-8-12(2)13(3)9-16(15)24-18/h4-9H,10H2,1-3H3,(H,19,20,21). The van der Waals surface area contributed by atoms with Gasteiger partial charge < -0.3 is 5.32 Å². The van der Waals surface area contributed by atoms with Crippen LogP contribution in [0.1, 0.15) is 16.7 Å². The van der Waals surface area contributed by atoms with E-state index in [1.807, 2.05) is 32.9 Å². The largest absolute Gasteiger partial charge is 0.301 e. The van der Waals surface area contributed by atoms with Crippen molar-refractivity contribution in [3.63, 3.8) is 0 Å². The quantitative estimate of drug-likeness (QED) is 0.756. The molecule has 0 bridgehead atoms. The SMILES string of the molecule is Cc1ccc(S(=O)(=O)CC(=O)Nc2nc3cc(C)c(C)cc3s2)cc1. The van der Waals surface area contributed by atoms with E-state index in [1.165, 1.54) is 23.5 Å². The number of aryl methyl sites for hydroxylation is 3. The van der Waals surface area contributed by atoms with Crippen molar-refractivity contribution in [1.29, 1.82) is 0 Å². The van der Waals surface area contributed by atoms with Gasteiger partial charge in [-0.3, -0.25) is 4.79 Å². The highest BCUT2D eigenvalue weighted by atomic mass is 32.2. The molecule has 1 N–H and O–H groups in total. The molecule has 5 nitrogen and oxygen atoms in total. The molecule has 0 fully saturated rings. The Bertz CT molecular complexity index is 1010. The first-order chi connectivity index (χ1) is 11.7. The summed E-state index contributed by atoms with van der Waals surface area (Å²) in [6, 6.07) is 10.4. The van der Waals surface area contributed by atoms with Gasteiger partial charge in [-0.05, 0) is 56.2 Å². The van der Waals surface area contributed by atoms with Crippen LogP contribution in [0.4, 0.5) is 5.13 Å². The maximum absolute atomic E-state index is 12.3. The fraction of sp³-hybridized carbons (Fsp3) is 0.222. The summed E-state index contributed by atoms with van der Waals surface area (Å²) in [6.45, 7) is 5.89. The van der Waals surface area contributed by atoms with Crippen LogP contribution in [0.5, 0.6) is 0 Å². The molecule has 0 saturated carbocycles. The highest BCUT2D eigenvalue weighted by Crippen LogP contribution is 2.28. The lowest BCUT2D eigenvalue weighted by Gasteiger charge is -2.04. The van der Waals surface area contributed by atoms with Crippen molar-refractivity contribution >= 4 is 42.4 Å². The predicted octanol–water partition coefficient (Wildman–Crippen LogP) is 3.63. The molecule has 0 atom stereocenters. The minimum Gasteiger partial charge on any atom is -0.301 e. The molecular weight excluding hydrogens is 356 g/mol. The van der Waals surface area contributed by atoms with Crippen LogP contribution < -0.4 is 5.32 Å². The van der Waals surface area contributed by atoms with Crippen LogP contribution >= 0.6 is 11.3 Å². The van der Waals surface area contributed by atoms with E-state index in [-0.39, 0.29) is 4.90 Å². The molecule has 0 radical (unpaired) electrons. The number of hydrogen-bond donors (Lipinski definition) is 1. The molecule has 1 amide bonds. The average molecular weight is 374 g/mol. The van der Waals surface area contributed by atoms with Crippen molar-refractivity contribution < 1.29 is 13.2 Å². The zero-order valence-electron chi connectivity index (χ0n) is 14.2. The smallest absolute Gasteiger partial charge is 0.241 e. The number of fused-ring (bicyclic) bond motifs is 1. The van der Waals surface area contributed by atoms with Crippen molar-refractivity contribution in [2.75, 3.05) is 11.1 Å². The summed E-state index contributed by atoms with van der Waals surface area (Å²) >= 11 is 1.33. The van der Waals surface area contributed by atoms with E-state index in [2.05, 4.69) is 10.3 Å². The second-order valence-electron chi connectivity index (χ2n) is 6.04. The number of nitrogens with one attached hydrogen (secondary N) is 1. The maximum atomic E-state index is 12.3. The highest BCUT2D eigenvalue weighted by Gasteiger charge is 2.20. The number of hydrogen-bond acceptors (Lipinski definition) is 5. The van der Waals surface area contributed by atoms with Gasteiger partial charge in [0.1, 0.15) is 5.75 Å². The summed E-state index contributed by atoms with van der Waals surface area (Å²) in [5.41, 5.74) is 4.03. The molecule has 0 unspecified atom stereocenters. The van der Waals surface area contributed by atoms with E-state index in [1.54, 1.807) is 12.1 Å². The summed E-state index contributed by atoms with van der Waals surface area (Å²) in [6.07, 6.45) is 0. The highest BCUT2D eigenvalue weighted by molar-refractivity contribution is 7.92. The van der Waals surface area contributed by atoms with Crippen molar-refractivity contribution in [2.45, 2.75) is 25.7 Å². The number of thiazole rings is 1. The number of benzene rings is 2. The number of sulfone groups is 1. The average Bonchev–Trinajstić information content (AvgIpc) is 2.88. The monoisotopic (exact) mass is 374 g/mol. The molecule has 7 heteroatoms. The number of nitrogens with zero attached hydrogens (tertiary/aromatic N) is 1. The van der Waals surface area contributed by atoms with Gasteiger partial charge in [-0.1, -0.05) is 29.0 Å². The molecule has 130 valence electrons. The van der Waals surface area contributed by atoms with Crippen molar-refractivity contribution in [2.24, 2.45) is 0 Å². The van der Waals surface area contributed by atoms with Gasteiger partial charge >= 0.3 is 0 Å². The van der Waals surface area contributed by atoms with Crippen molar-refractivity contribution in [3.8, 4) is 0 Å². The van der Waals surface area contributed by atoms with E-state index in [0.717, 1.165) is 26.9 Å². The molecule has 0 aliphatic carbocycles. The Balaban J connectivity index is 1.77. The third-order valence-electron chi connectivity index (χ3n) is 3.95. The summed E-state index contributed by atoms with van der Waals surface area (Å²) < 4.78 is 25.6. The minimum atomic E-state index is -3.68. The van der Waals surface area contributed by atoms with Gasteiger partial charge in [0.25, 0.3) is 0 Å². The Hall–Kier alpha value is -2.25. The first-order valence-electron chi connectivity index (χ1n) is 7.72. The molecule has 0 spiro atoms. The molecule has 25 heavy (non-hydrogen) atoms. The fourth-order valence-electron chi connectivity index (χ4n) is 2.39. The number of carbonyl (C=O) groups excluding carboxylic acids is 1. The van der Waals surface area contributed by atoms with Crippen LogP contribution in [0.15, 0.2) is 41.3 Å². The van der Waals surface area contributed by atoms with Crippen LogP contribution in [0.3, 0.4) is 0 Å². The second kappa shape index (κ2) is 6.57. The van der Waals surface area contributed by atoms with E-state index in [0.29, 0.717) is 5.13 Å². The van der Waals surface area contributed by atoms with Gasteiger partial charge in [0.15, 0.2) is 15.0 Å². The summed E-state index contributed by atoms with van der Waals surface area (Å²) in [7, 11) is -3.68. The van der Waals surface area contributed by atoms with Crippen LogP contribution in [-0.4, -0.2) is 25.1 Å². The zero-order chi connectivity index (χ0) is 18.2. The van der Waals surface area contributed by atoms with Crippen LogP contribution in [-0.2, 0) is 14.6 Å². The summed E-state index contributed by atoms with van der Waals surface area (Å²) in [4.78, 5) is 16.7. The summed E-state index contributed by atoms with van der Waals surface area (Å²) in [5, 5.41) is 3.00. The topological polar surface area (TPSA) is 76.1 Å². The zero-order valence-corrected chi connectivity index (χ0v) is 15.8. The second-order valence-corrected chi connectivity index (χ2v) is 9.06. The van der Waals surface area contributed by atoms with Crippen molar-refractivity contribution in [3.05, 3.63) is 53.1 Å². The number of aromatic nitrogens is 1. The molecule has 2 aromatic carbocycles. The van der Waals surface area contributed by atoms with Gasteiger partial charge in [-0.25, -0.2) is 13.4 Å². The van der Waals surface area contributed by atoms with Crippen LogP contribution in [0, 0.1) is 20.8 Å². The Morgan fingerprint density at radius 3 is 2.40 bits per heavy atom. The fourth-order valence-corrected chi connectivity index (χ4v) is 4.49. The van der Waals surface area contributed by atoms with E-state index in [9.17, 15) is 13.2 Å². The normalized spacial score (nSPS) is 11.6. The molecule has 3 rings (SSSR count). The molecule has 0 saturated heterocycles.